The normalized spacial score (nSPS) is 10.2. The van der Waals surface area contributed by atoms with Gasteiger partial charge in [0, 0.05) is 13.2 Å². The highest BCUT2D eigenvalue weighted by Gasteiger charge is 2.14. The zero-order valence-electron chi connectivity index (χ0n) is 7.67. The fraction of sp³-hybridized carbons (Fsp3) is 0.429. The molecule has 0 aromatic carbocycles. The van der Waals surface area contributed by atoms with Crippen LogP contribution in [0.2, 0.25) is 0 Å². The quantitative estimate of drug-likeness (QED) is 0.484. The maximum Gasteiger partial charge on any atom is 0.350 e. The lowest BCUT2D eigenvalue weighted by molar-refractivity contribution is -0.386. The van der Waals surface area contributed by atoms with Crippen LogP contribution in [0.3, 0.4) is 0 Å². The SMILES string of the molecule is O=c1[nH]c(=O)n(CCCO)cc1[N+](=O)[O-]. The Kier molecular flexibility index (Phi) is 3.34. The monoisotopic (exact) mass is 215 g/mol. The third-order valence-corrected chi connectivity index (χ3v) is 1.75. The number of nitrogens with zero attached hydrogens (tertiary/aromatic N) is 2. The van der Waals surface area contributed by atoms with E-state index in [1.165, 1.54) is 0 Å². The van der Waals surface area contributed by atoms with Gasteiger partial charge in [0.1, 0.15) is 0 Å². The van der Waals surface area contributed by atoms with Crippen molar-refractivity contribution in [2.45, 2.75) is 13.0 Å². The van der Waals surface area contributed by atoms with Crippen molar-refractivity contribution < 1.29 is 10.0 Å². The fourth-order valence-corrected chi connectivity index (χ4v) is 1.04. The van der Waals surface area contributed by atoms with Crippen LogP contribution in [0.5, 0.6) is 0 Å². The summed E-state index contributed by atoms with van der Waals surface area (Å²) < 4.78 is 0.982. The predicted molar refractivity (Wildman–Crippen MR) is 49.7 cm³/mol. The number of aliphatic hydroxyl groups is 1. The second-order valence-electron chi connectivity index (χ2n) is 2.80. The van der Waals surface area contributed by atoms with Crippen molar-refractivity contribution in [3.63, 3.8) is 0 Å². The standard InChI is InChI=1S/C7H9N3O5/c11-3-1-2-9-4-5(10(14)15)6(12)8-7(9)13/h4,11H,1-3H2,(H,8,12,13). The molecule has 0 radical (unpaired) electrons. The van der Waals surface area contributed by atoms with Gasteiger partial charge < -0.3 is 5.11 Å². The van der Waals surface area contributed by atoms with Crippen molar-refractivity contribution in [3.05, 3.63) is 37.1 Å². The summed E-state index contributed by atoms with van der Waals surface area (Å²) in [7, 11) is 0. The predicted octanol–water partition coefficient (Wildman–Crippen LogP) is -1.17. The first-order valence-corrected chi connectivity index (χ1v) is 4.15. The van der Waals surface area contributed by atoms with Crippen molar-refractivity contribution in [1.29, 1.82) is 0 Å². The van der Waals surface area contributed by atoms with Gasteiger partial charge in [-0.15, -0.1) is 0 Å². The van der Waals surface area contributed by atoms with Crippen molar-refractivity contribution in [3.8, 4) is 0 Å². The van der Waals surface area contributed by atoms with E-state index in [4.69, 9.17) is 5.11 Å². The van der Waals surface area contributed by atoms with E-state index in [1.807, 2.05) is 4.98 Å². The van der Waals surface area contributed by atoms with E-state index >= 15 is 0 Å². The molecular weight excluding hydrogens is 206 g/mol. The summed E-state index contributed by atoms with van der Waals surface area (Å²) in [4.78, 5) is 33.4. The highest BCUT2D eigenvalue weighted by Crippen LogP contribution is 1.99. The Morgan fingerprint density at radius 2 is 2.20 bits per heavy atom. The minimum absolute atomic E-state index is 0.118. The van der Waals surface area contributed by atoms with Crippen LogP contribution in [0.25, 0.3) is 0 Å². The minimum atomic E-state index is -1.02. The van der Waals surface area contributed by atoms with Gasteiger partial charge in [-0.1, -0.05) is 0 Å². The minimum Gasteiger partial charge on any atom is -0.396 e. The molecule has 0 fully saturated rings. The molecule has 15 heavy (non-hydrogen) atoms. The number of H-pyrrole nitrogens is 1. The summed E-state index contributed by atoms with van der Waals surface area (Å²) in [6.07, 6.45) is 1.15. The number of nitro groups is 1. The summed E-state index contributed by atoms with van der Waals surface area (Å²) in [6.45, 7) is -0.0215. The number of hydrogen-bond donors (Lipinski definition) is 2. The van der Waals surface area contributed by atoms with Gasteiger partial charge in [-0.05, 0) is 6.42 Å². The van der Waals surface area contributed by atoms with Crippen molar-refractivity contribution in [2.75, 3.05) is 6.61 Å². The van der Waals surface area contributed by atoms with Crippen LogP contribution in [-0.4, -0.2) is 26.2 Å². The van der Waals surface area contributed by atoms with Gasteiger partial charge in [-0.3, -0.25) is 24.5 Å². The first kappa shape index (κ1) is 11.1. The molecule has 0 amide bonds. The van der Waals surface area contributed by atoms with E-state index < -0.39 is 21.9 Å². The second kappa shape index (κ2) is 4.51. The molecule has 82 valence electrons. The summed E-state index contributed by atoms with van der Waals surface area (Å²) in [5, 5.41) is 18.9. The Labute approximate surface area is 82.9 Å². The average molecular weight is 215 g/mol. The zero-order valence-corrected chi connectivity index (χ0v) is 7.67. The molecule has 0 aliphatic carbocycles. The molecule has 0 saturated carbocycles. The molecule has 1 heterocycles. The Balaban J connectivity index is 3.18. The van der Waals surface area contributed by atoms with Gasteiger partial charge in [0.05, 0.1) is 11.1 Å². The van der Waals surface area contributed by atoms with E-state index in [0.29, 0.717) is 0 Å². The third kappa shape index (κ3) is 2.50. The van der Waals surface area contributed by atoms with Crippen LogP contribution in [0, 0.1) is 10.1 Å². The van der Waals surface area contributed by atoms with Crippen LogP contribution in [-0.2, 0) is 6.54 Å². The maximum absolute atomic E-state index is 11.1. The van der Waals surface area contributed by atoms with Crippen molar-refractivity contribution in [2.24, 2.45) is 0 Å². The first-order chi connectivity index (χ1) is 7.06. The number of aryl methyl sites for hydroxylation is 1. The van der Waals surface area contributed by atoms with Gasteiger partial charge in [-0.2, -0.15) is 0 Å². The molecule has 0 unspecified atom stereocenters. The molecule has 1 rings (SSSR count). The molecule has 8 heteroatoms. The van der Waals surface area contributed by atoms with Gasteiger partial charge in [0.25, 0.3) is 0 Å². The highest BCUT2D eigenvalue weighted by molar-refractivity contribution is 5.20. The largest absolute Gasteiger partial charge is 0.396 e. The van der Waals surface area contributed by atoms with E-state index in [0.717, 1.165) is 10.8 Å². The van der Waals surface area contributed by atoms with Gasteiger partial charge >= 0.3 is 16.9 Å². The summed E-state index contributed by atoms with van der Waals surface area (Å²) >= 11 is 0. The van der Waals surface area contributed by atoms with Crippen LogP contribution in [0.4, 0.5) is 5.69 Å². The summed E-state index contributed by atoms with van der Waals surface area (Å²) in [6, 6.07) is 0. The number of rotatable bonds is 4. The van der Waals surface area contributed by atoms with Crippen LogP contribution >= 0.6 is 0 Å². The van der Waals surface area contributed by atoms with E-state index in [1.54, 1.807) is 0 Å². The lowest BCUT2D eigenvalue weighted by atomic mass is 10.4. The molecule has 1 aromatic rings. The van der Waals surface area contributed by atoms with E-state index in [-0.39, 0.29) is 19.6 Å². The van der Waals surface area contributed by atoms with Crippen LogP contribution < -0.4 is 11.2 Å². The number of aromatic nitrogens is 2. The molecule has 1 aromatic heterocycles. The van der Waals surface area contributed by atoms with Gasteiger partial charge in [0.15, 0.2) is 0 Å². The number of hydrogen-bond acceptors (Lipinski definition) is 5. The maximum atomic E-state index is 11.1. The van der Waals surface area contributed by atoms with Crippen molar-refractivity contribution in [1.82, 2.24) is 9.55 Å². The lowest BCUT2D eigenvalue weighted by Crippen LogP contribution is -2.31. The summed E-state index contributed by atoms with van der Waals surface area (Å²) in [5.74, 6) is 0. The smallest absolute Gasteiger partial charge is 0.350 e. The lowest BCUT2D eigenvalue weighted by Gasteiger charge is -2.01. The Morgan fingerprint density at radius 1 is 1.53 bits per heavy atom. The van der Waals surface area contributed by atoms with Crippen LogP contribution in [0.1, 0.15) is 6.42 Å². The Morgan fingerprint density at radius 3 is 2.73 bits per heavy atom. The average Bonchev–Trinajstić information content (AvgIpc) is 2.16. The Hall–Kier alpha value is -1.96. The van der Waals surface area contributed by atoms with E-state index in [9.17, 15) is 19.7 Å². The molecular formula is C7H9N3O5. The van der Waals surface area contributed by atoms with Gasteiger partial charge in [-0.25, -0.2) is 4.79 Å². The number of nitrogens with one attached hydrogen (secondary N) is 1. The molecule has 2 N–H and O–H groups in total. The molecule has 0 spiro atoms. The second-order valence-corrected chi connectivity index (χ2v) is 2.80. The number of aliphatic hydroxyl groups excluding tert-OH is 1. The highest BCUT2D eigenvalue weighted by atomic mass is 16.6. The first-order valence-electron chi connectivity index (χ1n) is 4.15. The molecule has 0 bridgehead atoms. The molecule has 0 saturated heterocycles. The topological polar surface area (TPSA) is 118 Å². The summed E-state index contributed by atoms with van der Waals surface area (Å²) in [5.41, 5.74) is -2.43. The molecule has 0 aliphatic rings. The molecule has 8 nitrogen and oxygen atoms in total. The van der Waals surface area contributed by atoms with E-state index in [2.05, 4.69) is 0 Å². The third-order valence-electron chi connectivity index (χ3n) is 1.75. The Bertz CT molecular complexity index is 474. The van der Waals surface area contributed by atoms with Gasteiger partial charge in [0.2, 0.25) is 0 Å². The van der Waals surface area contributed by atoms with Crippen LogP contribution in [0.15, 0.2) is 15.8 Å². The van der Waals surface area contributed by atoms with Crippen molar-refractivity contribution >= 4 is 5.69 Å². The zero-order chi connectivity index (χ0) is 11.4. The molecule has 0 aliphatic heterocycles. The fourth-order valence-electron chi connectivity index (χ4n) is 1.04. The molecule has 0 atom stereocenters. The number of aromatic amines is 1.